The van der Waals surface area contributed by atoms with Crippen LogP contribution in [-0.2, 0) is 0 Å². The molecule has 1 atom stereocenters. The molecule has 0 heterocycles. The van der Waals surface area contributed by atoms with Gasteiger partial charge in [0.2, 0.25) is 0 Å². The van der Waals surface area contributed by atoms with Crippen LogP contribution in [0.3, 0.4) is 0 Å². The number of anilines is 1. The highest BCUT2D eigenvalue weighted by Crippen LogP contribution is 2.28. The van der Waals surface area contributed by atoms with Crippen LogP contribution in [0.15, 0.2) is 22.7 Å². The monoisotopic (exact) mass is 301 g/mol. The van der Waals surface area contributed by atoms with Gasteiger partial charge in [0.05, 0.1) is 17.2 Å². The topological polar surface area (TPSA) is 41.5 Å². The average molecular weight is 302 g/mol. The van der Waals surface area contributed by atoms with Crippen LogP contribution in [0.2, 0.25) is 0 Å². The molecule has 0 fully saturated rings. The van der Waals surface area contributed by atoms with Crippen LogP contribution in [0.5, 0.6) is 5.75 Å². The van der Waals surface area contributed by atoms with Gasteiger partial charge in [-0.25, -0.2) is 0 Å². The first kappa shape index (κ1) is 14.3. The highest BCUT2D eigenvalue weighted by molar-refractivity contribution is 9.10. The number of nitrogens with one attached hydrogen (secondary N) is 1. The smallest absolute Gasteiger partial charge is 0.133 e. The zero-order valence-corrected chi connectivity index (χ0v) is 12.3. The Morgan fingerprint density at radius 1 is 1.47 bits per heavy atom. The molecule has 1 aromatic rings. The maximum atomic E-state index is 10.1. The van der Waals surface area contributed by atoms with Gasteiger partial charge in [-0.2, -0.15) is 0 Å². The summed E-state index contributed by atoms with van der Waals surface area (Å²) in [5.74, 6) is 1.00. The molecule has 0 spiro atoms. The normalized spacial score (nSPS) is 14.5. The number of halogens is 1. The molecule has 3 nitrogen and oxygen atoms in total. The van der Waals surface area contributed by atoms with Crippen molar-refractivity contribution in [1.29, 1.82) is 0 Å². The molecule has 1 rings (SSSR count). The van der Waals surface area contributed by atoms with E-state index in [1.807, 2.05) is 39.0 Å². The number of rotatable bonds is 5. The first-order chi connectivity index (χ1) is 7.86. The molecule has 0 aromatic heterocycles. The van der Waals surface area contributed by atoms with Crippen molar-refractivity contribution < 1.29 is 9.84 Å². The molecule has 2 N–H and O–H groups in total. The Morgan fingerprint density at radius 3 is 2.59 bits per heavy atom. The van der Waals surface area contributed by atoms with Gasteiger partial charge in [0.15, 0.2) is 0 Å². The lowest BCUT2D eigenvalue weighted by Gasteiger charge is -2.28. The minimum Gasteiger partial charge on any atom is -0.496 e. The van der Waals surface area contributed by atoms with Gasteiger partial charge in [0.25, 0.3) is 0 Å². The molecule has 0 saturated carbocycles. The van der Waals surface area contributed by atoms with Crippen LogP contribution in [0.4, 0.5) is 5.69 Å². The Balaban J connectivity index is 2.67. The van der Waals surface area contributed by atoms with Gasteiger partial charge in [0.1, 0.15) is 5.75 Å². The zero-order chi connectivity index (χ0) is 13.1. The third-order valence-electron chi connectivity index (χ3n) is 3.05. The summed E-state index contributed by atoms with van der Waals surface area (Å²) in [6.07, 6.45) is 0. The summed E-state index contributed by atoms with van der Waals surface area (Å²) >= 11 is 3.43. The number of aliphatic hydroxyl groups is 1. The van der Waals surface area contributed by atoms with Gasteiger partial charge in [-0.3, -0.25) is 0 Å². The molecule has 4 heteroatoms. The van der Waals surface area contributed by atoms with Crippen LogP contribution in [0, 0.1) is 5.92 Å². The van der Waals surface area contributed by atoms with Crippen molar-refractivity contribution in [1.82, 2.24) is 0 Å². The van der Waals surface area contributed by atoms with Crippen molar-refractivity contribution in [2.24, 2.45) is 5.92 Å². The summed E-state index contributed by atoms with van der Waals surface area (Å²) in [5, 5.41) is 13.3. The second kappa shape index (κ2) is 5.74. The van der Waals surface area contributed by atoms with Gasteiger partial charge in [-0.05, 0) is 47.0 Å². The predicted molar refractivity (Wildman–Crippen MR) is 74.6 cm³/mol. The van der Waals surface area contributed by atoms with E-state index in [1.165, 1.54) is 0 Å². The van der Waals surface area contributed by atoms with Gasteiger partial charge >= 0.3 is 0 Å². The summed E-state index contributed by atoms with van der Waals surface area (Å²) in [5.41, 5.74) is 0.241. The third-order valence-corrected chi connectivity index (χ3v) is 3.67. The Kier molecular flexibility index (Phi) is 4.83. The predicted octanol–water partition coefficient (Wildman–Crippen LogP) is 3.28. The molecule has 0 radical (unpaired) electrons. The van der Waals surface area contributed by atoms with Gasteiger partial charge < -0.3 is 15.2 Å². The van der Waals surface area contributed by atoms with Gasteiger partial charge in [-0.1, -0.05) is 13.8 Å². The Bertz CT molecular complexity index is 378. The van der Waals surface area contributed by atoms with E-state index in [0.29, 0.717) is 6.54 Å². The fraction of sp³-hybridized carbons (Fsp3) is 0.538. The second-order valence-electron chi connectivity index (χ2n) is 4.71. The number of benzene rings is 1. The summed E-state index contributed by atoms with van der Waals surface area (Å²) < 4.78 is 6.06. The lowest BCUT2D eigenvalue weighted by molar-refractivity contribution is 0.0266. The molecule has 0 aliphatic heterocycles. The number of hydrogen-bond acceptors (Lipinski definition) is 3. The highest BCUT2D eigenvalue weighted by Gasteiger charge is 2.24. The third kappa shape index (κ3) is 3.89. The Labute approximate surface area is 111 Å². The molecular formula is C13H20BrNO2. The molecule has 96 valence electrons. The zero-order valence-electron chi connectivity index (χ0n) is 10.7. The van der Waals surface area contributed by atoms with Crippen molar-refractivity contribution in [2.45, 2.75) is 26.4 Å². The number of hydrogen-bond donors (Lipinski definition) is 2. The quantitative estimate of drug-likeness (QED) is 0.877. The highest BCUT2D eigenvalue weighted by atomic mass is 79.9. The van der Waals surface area contributed by atoms with E-state index in [4.69, 9.17) is 4.74 Å². The molecule has 0 bridgehead atoms. The van der Waals surface area contributed by atoms with Crippen LogP contribution in [0.25, 0.3) is 0 Å². The van der Waals surface area contributed by atoms with Crippen LogP contribution < -0.4 is 10.1 Å². The van der Waals surface area contributed by atoms with Gasteiger partial charge in [0, 0.05) is 12.2 Å². The Hall–Kier alpha value is -0.740. The molecule has 0 aliphatic carbocycles. The summed E-state index contributed by atoms with van der Waals surface area (Å²) in [4.78, 5) is 0. The minimum atomic E-state index is -0.716. The lowest BCUT2D eigenvalue weighted by atomic mass is 9.92. The molecule has 1 unspecified atom stereocenters. The largest absolute Gasteiger partial charge is 0.496 e. The summed E-state index contributed by atoms with van der Waals surface area (Å²) in [6.45, 7) is 6.36. The fourth-order valence-corrected chi connectivity index (χ4v) is 1.80. The van der Waals surface area contributed by atoms with Crippen LogP contribution in [0.1, 0.15) is 20.8 Å². The second-order valence-corrected chi connectivity index (χ2v) is 5.57. The summed E-state index contributed by atoms with van der Waals surface area (Å²) in [7, 11) is 1.64. The first-order valence-corrected chi connectivity index (χ1v) is 6.46. The fourth-order valence-electron chi connectivity index (χ4n) is 1.26. The van der Waals surface area contributed by atoms with E-state index in [-0.39, 0.29) is 5.92 Å². The van der Waals surface area contributed by atoms with Gasteiger partial charge in [-0.15, -0.1) is 0 Å². The van der Waals surface area contributed by atoms with E-state index in [0.717, 1.165) is 15.9 Å². The molecule has 17 heavy (non-hydrogen) atoms. The van der Waals surface area contributed by atoms with Crippen LogP contribution in [-0.4, -0.2) is 24.4 Å². The molecule has 0 aliphatic rings. The van der Waals surface area contributed by atoms with Crippen molar-refractivity contribution in [2.75, 3.05) is 19.0 Å². The maximum absolute atomic E-state index is 10.1. The molecule has 0 saturated heterocycles. The van der Waals surface area contributed by atoms with Crippen molar-refractivity contribution >= 4 is 21.6 Å². The first-order valence-electron chi connectivity index (χ1n) is 5.66. The van der Waals surface area contributed by atoms with E-state index in [1.54, 1.807) is 7.11 Å². The summed E-state index contributed by atoms with van der Waals surface area (Å²) in [6, 6.07) is 5.76. The van der Waals surface area contributed by atoms with E-state index in [9.17, 15) is 5.11 Å². The maximum Gasteiger partial charge on any atom is 0.133 e. The molecular weight excluding hydrogens is 282 g/mol. The Morgan fingerprint density at radius 2 is 2.12 bits per heavy atom. The van der Waals surface area contributed by atoms with E-state index in [2.05, 4.69) is 21.2 Å². The number of methoxy groups -OCH3 is 1. The molecule has 0 amide bonds. The standard InChI is InChI=1S/C13H20BrNO2/c1-9(2)13(3,16)8-15-10-5-6-12(17-4)11(14)7-10/h5-7,9,15-16H,8H2,1-4H3. The van der Waals surface area contributed by atoms with Crippen molar-refractivity contribution in [3.8, 4) is 5.75 Å². The number of ether oxygens (including phenoxy) is 1. The molecule has 1 aromatic carbocycles. The lowest BCUT2D eigenvalue weighted by Crippen LogP contribution is -2.38. The minimum absolute atomic E-state index is 0.205. The van der Waals surface area contributed by atoms with E-state index >= 15 is 0 Å². The SMILES string of the molecule is COc1ccc(NCC(C)(O)C(C)C)cc1Br. The van der Waals surface area contributed by atoms with E-state index < -0.39 is 5.60 Å². The van der Waals surface area contributed by atoms with Crippen molar-refractivity contribution in [3.63, 3.8) is 0 Å². The van der Waals surface area contributed by atoms with Crippen molar-refractivity contribution in [3.05, 3.63) is 22.7 Å². The average Bonchev–Trinajstić information content (AvgIpc) is 2.26. The van der Waals surface area contributed by atoms with Crippen LogP contribution >= 0.6 is 15.9 Å².